The first-order chi connectivity index (χ1) is 26.4. The molecule has 2 heterocycles. The monoisotopic (exact) mass is 797 g/mol. The fourth-order valence-electron chi connectivity index (χ4n) is 8.75. The minimum atomic E-state index is -3.03. The van der Waals surface area contributed by atoms with Gasteiger partial charge in [0.1, 0.15) is 5.75 Å². The topological polar surface area (TPSA) is 107 Å². The minimum absolute atomic E-state index is 0.0916. The largest absolute Gasteiger partial charge is 0.508 e. The van der Waals surface area contributed by atoms with E-state index in [9.17, 15) is 24.9 Å². The van der Waals surface area contributed by atoms with Crippen molar-refractivity contribution >= 4 is 59.5 Å². The first-order valence-electron chi connectivity index (χ1n) is 19.2. The number of carbonyl (C=O) groups is 2. The Hall–Kier alpha value is -3.83. The van der Waals surface area contributed by atoms with E-state index in [1.54, 1.807) is 12.1 Å². The molecule has 2 amide bonds. The first-order valence-corrected chi connectivity index (χ1v) is 22.4. The summed E-state index contributed by atoms with van der Waals surface area (Å²) in [5.41, 5.74) is 3.26. The van der Waals surface area contributed by atoms with E-state index in [4.69, 9.17) is 16.0 Å². The summed E-state index contributed by atoms with van der Waals surface area (Å²) in [7, 11) is -3.03. The summed E-state index contributed by atoms with van der Waals surface area (Å²) in [6.07, 6.45) is 3.83. The summed E-state index contributed by atoms with van der Waals surface area (Å²) in [6.45, 7) is 8.67. The maximum Gasteiger partial charge on any atom is 0.261 e. The number of imide groups is 1. The average Bonchev–Trinajstić information content (AvgIpc) is 3.77. The highest BCUT2D eigenvalue weighted by Crippen LogP contribution is 2.48. The number of aliphatic hydroxyl groups excluding tert-OH is 2. The number of aromatic hydroxyl groups is 1. The van der Waals surface area contributed by atoms with Crippen LogP contribution in [0.4, 0.5) is 0 Å². The fraction of sp³-hybridized carbons (Fsp3) is 0.378. The van der Waals surface area contributed by atoms with E-state index < -0.39 is 32.2 Å². The van der Waals surface area contributed by atoms with Crippen LogP contribution in [0.1, 0.15) is 70.2 Å². The number of amides is 2. The standard InChI is InChI=1S/C45H52ClNO6SSi/c1-5-13-30(24-31-20-21-33(49)26-39(31)46)19-22-40(50)41-32(25-37-42(38(41)28-48)44(52)47(43(37)51)27-34-14-12-23-54-34)29-53-55(45(2,3)4,35-15-8-6-9-16-35)36-17-10-7-11-18-36/h6-12,14-18,20-21,23-24,26,37-38,40,42,48-50H,5,13,19,22,25,27-29H2,1-4H3/b30-24+/t37-,38+,40-,42-/m1/s1. The predicted octanol–water partition coefficient (Wildman–Crippen LogP) is 8.12. The Kier molecular flexibility index (Phi) is 13.0. The van der Waals surface area contributed by atoms with Crippen LogP contribution in [-0.4, -0.2) is 59.7 Å². The molecule has 0 unspecified atom stereocenters. The van der Waals surface area contributed by atoms with Crippen LogP contribution in [0, 0.1) is 17.8 Å². The molecular weight excluding hydrogens is 746 g/mol. The lowest BCUT2D eigenvalue weighted by molar-refractivity contribution is -0.140. The minimum Gasteiger partial charge on any atom is -0.508 e. The lowest BCUT2D eigenvalue weighted by Gasteiger charge is -2.44. The number of fused-ring (bicyclic) bond motifs is 1. The van der Waals surface area contributed by atoms with Gasteiger partial charge in [-0.2, -0.15) is 0 Å². The van der Waals surface area contributed by atoms with Gasteiger partial charge in [-0.3, -0.25) is 14.5 Å². The Labute approximate surface area is 335 Å². The highest BCUT2D eigenvalue weighted by molar-refractivity contribution is 7.09. The first kappa shape index (κ1) is 40.8. The number of likely N-dealkylation sites (tertiary alicyclic amines) is 1. The number of benzene rings is 3. The summed E-state index contributed by atoms with van der Waals surface area (Å²) in [5.74, 6) is -2.63. The molecule has 0 bridgehead atoms. The molecule has 4 aromatic rings. The van der Waals surface area contributed by atoms with Crippen LogP contribution in [-0.2, 0) is 20.6 Å². The SMILES string of the molecule is CCC/C(=C\c1ccc(O)cc1Cl)CC[C@@H](O)C1=C(CO[Si](c2ccccc2)(c2ccccc2)C(C)(C)C)C[C@H]2C(=O)N(Cc3cccs3)C(=O)[C@H]2[C@H]1CO. The number of phenolic OH excluding ortho intramolecular Hbond substituents is 1. The van der Waals surface area contributed by atoms with Crippen LogP contribution in [0.2, 0.25) is 10.1 Å². The highest BCUT2D eigenvalue weighted by atomic mass is 35.5. The van der Waals surface area contributed by atoms with Crippen molar-refractivity contribution in [3.05, 3.63) is 129 Å². The molecule has 6 rings (SSSR count). The van der Waals surface area contributed by atoms with Crippen LogP contribution in [0.25, 0.3) is 6.08 Å². The summed E-state index contributed by atoms with van der Waals surface area (Å²) >= 11 is 7.97. The van der Waals surface area contributed by atoms with Crippen LogP contribution < -0.4 is 10.4 Å². The van der Waals surface area contributed by atoms with Crippen molar-refractivity contribution in [3.63, 3.8) is 0 Å². The third-order valence-electron chi connectivity index (χ3n) is 11.3. The van der Waals surface area contributed by atoms with Gasteiger partial charge >= 0.3 is 0 Å². The number of carbonyl (C=O) groups excluding carboxylic acids is 2. The van der Waals surface area contributed by atoms with Crippen molar-refractivity contribution in [3.8, 4) is 5.75 Å². The van der Waals surface area contributed by atoms with Crippen LogP contribution in [0.5, 0.6) is 5.75 Å². The number of hydrogen-bond donors (Lipinski definition) is 3. The Bertz CT molecular complexity index is 1970. The Morgan fingerprint density at radius 2 is 1.65 bits per heavy atom. The quantitative estimate of drug-likeness (QED) is 0.0638. The lowest BCUT2D eigenvalue weighted by atomic mass is 9.68. The number of aliphatic hydroxyl groups is 2. The van der Waals surface area contributed by atoms with Crippen molar-refractivity contribution in [2.75, 3.05) is 13.2 Å². The third kappa shape index (κ3) is 8.48. The maximum absolute atomic E-state index is 14.2. The van der Waals surface area contributed by atoms with E-state index in [1.165, 1.54) is 22.3 Å². The van der Waals surface area contributed by atoms with Crippen LogP contribution >= 0.6 is 22.9 Å². The summed E-state index contributed by atoms with van der Waals surface area (Å²) in [4.78, 5) is 30.6. The number of thiophene rings is 1. The van der Waals surface area contributed by atoms with Crippen molar-refractivity contribution in [2.45, 2.75) is 77.5 Å². The number of rotatable bonds is 15. The van der Waals surface area contributed by atoms with Gasteiger partial charge in [0.2, 0.25) is 11.8 Å². The highest BCUT2D eigenvalue weighted by Gasteiger charge is 2.56. The van der Waals surface area contributed by atoms with Crippen molar-refractivity contribution < 1.29 is 29.3 Å². The van der Waals surface area contributed by atoms with Gasteiger partial charge in [-0.15, -0.1) is 11.3 Å². The summed E-state index contributed by atoms with van der Waals surface area (Å²) in [6, 6.07) is 29.4. The smallest absolute Gasteiger partial charge is 0.261 e. The molecule has 1 saturated heterocycles. The Morgan fingerprint density at radius 3 is 2.22 bits per heavy atom. The number of phenols is 1. The zero-order valence-electron chi connectivity index (χ0n) is 32.1. The molecule has 290 valence electrons. The van der Waals surface area contributed by atoms with E-state index in [2.05, 4.69) is 52.0 Å². The van der Waals surface area contributed by atoms with Gasteiger partial charge < -0.3 is 19.7 Å². The molecule has 55 heavy (non-hydrogen) atoms. The Morgan fingerprint density at radius 1 is 0.982 bits per heavy atom. The summed E-state index contributed by atoms with van der Waals surface area (Å²) < 4.78 is 7.40. The van der Waals surface area contributed by atoms with Crippen molar-refractivity contribution in [1.82, 2.24) is 4.90 Å². The second-order valence-corrected chi connectivity index (χ2v) is 21.5. The third-order valence-corrected chi connectivity index (χ3v) is 17.4. The van der Waals surface area contributed by atoms with Gasteiger partial charge in [0.05, 0.1) is 42.7 Å². The van der Waals surface area contributed by atoms with Crippen molar-refractivity contribution in [1.29, 1.82) is 0 Å². The average molecular weight is 799 g/mol. The molecule has 2 aliphatic rings. The molecule has 3 aromatic carbocycles. The molecule has 3 N–H and O–H groups in total. The van der Waals surface area contributed by atoms with E-state index in [1.807, 2.05) is 60.0 Å². The molecule has 0 saturated carbocycles. The molecule has 1 aromatic heterocycles. The van der Waals surface area contributed by atoms with E-state index in [-0.39, 0.29) is 48.8 Å². The molecule has 0 spiro atoms. The molecular formula is C45H52ClNO6SSi. The molecule has 1 fully saturated rings. The second kappa shape index (κ2) is 17.5. The van der Waals surface area contributed by atoms with Gasteiger partial charge in [-0.05, 0) is 87.5 Å². The molecule has 10 heteroatoms. The fourth-order valence-corrected chi connectivity index (χ4v) is 14.2. The number of allylic oxidation sites excluding steroid dienone is 1. The molecule has 0 radical (unpaired) electrons. The van der Waals surface area contributed by atoms with E-state index >= 15 is 0 Å². The van der Waals surface area contributed by atoms with E-state index in [0.717, 1.165) is 44.8 Å². The van der Waals surface area contributed by atoms with Crippen molar-refractivity contribution in [2.24, 2.45) is 17.8 Å². The predicted molar refractivity (Wildman–Crippen MR) is 224 cm³/mol. The zero-order valence-corrected chi connectivity index (χ0v) is 34.7. The summed E-state index contributed by atoms with van der Waals surface area (Å²) in [5, 5.41) is 37.6. The Balaban J connectivity index is 1.41. The van der Waals surface area contributed by atoms with E-state index in [0.29, 0.717) is 23.4 Å². The lowest BCUT2D eigenvalue weighted by Crippen LogP contribution is -2.66. The molecule has 4 atom stereocenters. The molecule has 1 aliphatic carbocycles. The normalized spacial score (nSPS) is 19.9. The maximum atomic E-state index is 14.2. The van der Waals surface area contributed by atoms with Gasteiger partial charge in [-0.1, -0.05) is 124 Å². The van der Waals surface area contributed by atoms with Crippen LogP contribution in [0.15, 0.2) is 113 Å². The molecule has 7 nitrogen and oxygen atoms in total. The number of nitrogens with zero attached hydrogens (tertiary/aromatic N) is 1. The zero-order chi connectivity index (χ0) is 39.3. The van der Waals surface area contributed by atoms with Gasteiger partial charge in [0.25, 0.3) is 8.32 Å². The van der Waals surface area contributed by atoms with Crippen LogP contribution in [0.3, 0.4) is 0 Å². The van der Waals surface area contributed by atoms with Gasteiger partial charge in [0, 0.05) is 10.8 Å². The second-order valence-electron chi connectivity index (χ2n) is 15.8. The van der Waals surface area contributed by atoms with Gasteiger partial charge in [0.15, 0.2) is 0 Å². The molecule has 1 aliphatic heterocycles. The van der Waals surface area contributed by atoms with Gasteiger partial charge in [-0.25, -0.2) is 0 Å². The number of hydrogen-bond acceptors (Lipinski definition) is 7. The number of halogens is 1.